The number of hydrogen-bond acceptors (Lipinski definition) is 8. The highest BCUT2D eigenvalue weighted by molar-refractivity contribution is 6.10. The molecule has 48 heavy (non-hydrogen) atoms. The van der Waals surface area contributed by atoms with Crippen molar-refractivity contribution in [2.45, 2.75) is 38.1 Å². The molecule has 0 N–H and O–H groups in total. The minimum Gasteiger partial charge on any atom is -0.493 e. The van der Waals surface area contributed by atoms with E-state index in [-0.39, 0.29) is 11.7 Å². The second-order valence-electron chi connectivity index (χ2n) is 11.8. The van der Waals surface area contributed by atoms with Gasteiger partial charge in [-0.05, 0) is 55.3 Å². The smallest absolute Gasteiger partial charge is 0.227 e. The van der Waals surface area contributed by atoms with Gasteiger partial charge in [0.1, 0.15) is 17.0 Å². The maximum absolute atomic E-state index is 13.9. The zero-order valence-electron chi connectivity index (χ0n) is 26.7. The molecular formula is C40H34N4O4. The van der Waals surface area contributed by atoms with Gasteiger partial charge in [0.05, 0.1) is 12.3 Å². The summed E-state index contributed by atoms with van der Waals surface area (Å²) in [4.78, 5) is 28.2. The summed E-state index contributed by atoms with van der Waals surface area (Å²) in [5.74, 6) is 2.85. The number of aliphatic imine (C=N–C) groups is 1. The van der Waals surface area contributed by atoms with E-state index in [1.807, 2.05) is 122 Å². The first-order chi connectivity index (χ1) is 23.5. The van der Waals surface area contributed by atoms with Crippen LogP contribution in [0.15, 0.2) is 135 Å². The standard InChI is InChI=1S/C40H34N4O4/c1-27-36(43-39(47-27)31-14-7-4-8-15-31)22-25-46-32-20-18-29(19-21-32)35(26-37-42-28(2)44-48-37)40(23-11-24-41-40)34-17-10-9-16-33(34)38(45)30-12-5-3-6-13-30/h3-21,23-24,35H,22,25-26H2,1-2H3. The van der Waals surface area contributed by atoms with Crippen molar-refractivity contribution in [2.24, 2.45) is 4.99 Å². The number of ketones is 1. The van der Waals surface area contributed by atoms with Crippen molar-refractivity contribution in [1.29, 1.82) is 0 Å². The molecule has 2 atom stereocenters. The van der Waals surface area contributed by atoms with Gasteiger partial charge in [-0.25, -0.2) is 4.98 Å². The molecule has 0 spiro atoms. The molecule has 0 fully saturated rings. The van der Waals surface area contributed by atoms with E-state index in [9.17, 15) is 4.79 Å². The number of rotatable bonds is 12. The van der Waals surface area contributed by atoms with Crippen LogP contribution < -0.4 is 4.74 Å². The fourth-order valence-electron chi connectivity index (χ4n) is 6.28. The van der Waals surface area contributed by atoms with Gasteiger partial charge in [-0.1, -0.05) is 96.2 Å². The Morgan fingerprint density at radius 2 is 1.58 bits per heavy atom. The molecule has 4 aromatic carbocycles. The Labute approximate surface area is 278 Å². The Kier molecular flexibility index (Phi) is 8.62. The van der Waals surface area contributed by atoms with Crippen LogP contribution >= 0.6 is 0 Å². The summed E-state index contributed by atoms with van der Waals surface area (Å²) in [6, 6.07) is 34.9. The Morgan fingerprint density at radius 3 is 2.29 bits per heavy atom. The molecule has 0 aliphatic carbocycles. The Morgan fingerprint density at radius 1 is 0.854 bits per heavy atom. The summed E-state index contributed by atoms with van der Waals surface area (Å²) < 4.78 is 17.7. The normalized spacial score (nSPS) is 15.9. The van der Waals surface area contributed by atoms with Crippen molar-refractivity contribution in [3.05, 3.63) is 167 Å². The number of hydrogen-bond donors (Lipinski definition) is 0. The summed E-state index contributed by atoms with van der Waals surface area (Å²) in [6.07, 6.45) is 6.81. The highest BCUT2D eigenvalue weighted by Gasteiger charge is 2.43. The number of carbonyl (C=O) groups excluding carboxylic acids is 1. The van der Waals surface area contributed by atoms with Crippen molar-refractivity contribution >= 4 is 12.0 Å². The fraction of sp³-hybridized carbons (Fsp3) is 0.175. The summed E-state index contributed by atoms with van der Waals surface area (Å²) in [6.45, 7) is 4.17. The highest BCUT2D eigenvalue weighted by Crippen LogP contribution is 2.47. The monoisotopic (exact) mass is 634 g/mol. The topological polar surface area (TPSA) is 104 Å². The molecule has 3 heterocycles. The molecule has 1 aliphatic heterocycles. The van der Waals surface area contributed by atoms with Crippen molar-refractivity contribution < 1.29 is 18.5 Å². The van der Waals surface area contributed by atoms with E-state index in [1.165, 1.54) is 0 Å². The SMILES string of the molecule is Cc1noc(CC(c2ccc(OCCc3nc(-c4ccccc4)oc3C)cc2)C2(c3ccccc3C(=O)c3ccccc3)C=CC=N2)n1. The van der Waals surface area contributed by atoms with Gasteiger partial charge in [-0.2, -0.15) is 4.98 Å². The largest absolute Gasteiger partial charge is 0.493 e. The Bertz CT molecular complexity index is 2070. The van der Waals surface area contributed by atoms with Crippen molar-refractivity contribution in [2.75, 3.05) is 6.61 Å². The summed E-state index contributed by atoms with van der Waals surface area (Å²) >= 11 is 0. The van der Waals surface area contributed by atoms with Gasteiger partial charge in [0, 0.05) is 41.7 Å². The Hall–Kier alpha value is -5.89. The molecule has 2 unspecified atom stereocenters. The lowest BCUT2D eigenvalue weighted by molar-refractivity contribution is 0.103. The summed E-state index contributed by atoms with van der Waals surface area (Å²) in [5.41, 5.74) is 3.93. The lowest BCUT2D eigenvalue weighted by atomic mass is 9.71. The first kappa shape index (κ1) is 30.7. The molecule has 6 aromatic rings. The predicted molar refractivity (Wildman–Crippen MR) is 183 cm³/mol. The first-order valence-electron chi connectivity index (χ1n) is 16.0. The quantitative estimate of drug-likeness (QED) is 0.125. The molecule has 1 aliphatic rings. The fourth-order valence-corrected chi connectivity index (χ4v) is 6.28. The number of oxazole rings is 1. The van der Waals surface area contributed by atoms with Crippen molar-refractivity contribution in [3.8, 4) is 17.2 Å². The van der Waals surface area contributed by atoms with Crippen LogP contribution in [0.1, 0.15) is 56.1 Å². The van der Waals surface area contributed by atoms with E-state index in [0.717, 1.165) is 33.9 Å². The van der Waals surface area contributed by atoms with Crippen LogP contribution in [0.4, 0.5) is 0 Å². The summed E-state index contributed by atoms with van der Waals surface area (Å²) in [7, 11) is 0. The van der Waals surface area contributed by atoms with Crippen LogP contribution in [-0.2, 0) is 18.4 Å². The molecule has 2 aromatic heterocycles. The third kappa shape index (κ3) is 6.25. The second kappa shape index (κ2) is 13.5. The van der Waals surface area contributed by atoms with Crippen LogP contribution in [0.2, 0.25) is 0 Å². The minimum atomic E-state index is -0.896. The molecule has 7 rings (SSSR count). The van der Waals surface area contributed by atoms with E-state index in [4.69, 9.17) is 23.7 Å². The summed E-state index contributed by atoms with van der Waals surface area (Å²) in [5, 5.41) is 4.04. The third-order valence-electron chi connectivity index (χ3n) is 8.65. The Balaban J connectivity index is 1.17. The number of aryl methyl sites for hydroxylation is 2. The van der Waals surface area contributed by atoms with Crippen molar-refractivity contribution in [1.82, 2.24) is 15.1 Å². The maximum Gasteiger partial charge on any atom is 0.227 e. The predicted octanol–water partition coefficient (Wildman–Crippen LogP) is 8.06. The van der Waals surface area contributed by atoms with Gasteiger partial charge < -0.3 is 13.7 Å². The van der Waals surface area contributed by atoms with E-state index >= 15 is 0 Å². The number of ether oxygens (including phenoxy) is 1. The van der Waals surface area contributed by atoms with Gasteiger partial charge in [-0.3, -0.25) is 9.79 Å². The van der Waals surface area contributed by atoms with Crippen LogP contribution in [0.25, 0.3) is 11.5 Å². The van der Waals surface area contributed by atoms with Gasteiger partial charge >= 0.3 is 0 Å². The molecule has 8 heteroatoms. The third-order valence-corrected chi connectivity index (χ3v) is 8.65. The molecule has 0 saturated heterocycles. The van der Waals surface area contributed by atoms with E-state index in [1.54, 1.807) is 13.1 Å². The lowest BCUT2D eigenvalue weighted by Gasteiger charge is -2.35. The lowest BCUT2D eigenvalue weighted by Crippen LogP contribution is -2.32. The minimum absolute atomic E-state index is 0.0598. The molecule has 0 bridgehead atoms. The average Bonchev–Trinajstić information content (AvgIpc) is 3.89. The van der Waals surface area contributed by atoms with E-state index < -0.39 is 5.54 Å². The van der Waals surface area contributed by atoms with Crippen molar-refractivity contribution in [3.63, 3.8) is 0 Å². The zero-order chi connectivity index (χ0) is 32.9. The van der Waals surface area contributed by atoms with Crippen LogP contribution in [0, 0.1) is 13.8 Å². The molecule has 0 saturated carbocycles. The van der Waals surface area contributed by atoms with Crippen LogP contribution in [0.5, 0.6) is 5.75 Å². The van der Waals surface area contributed by atoms with Crippen LogP contribution in [-0.4, -0.2) is 33.7 Å². The van der Waals surface area contributed by atoms with E-state index in [2.05, 4.69) is 16.2 Å². The number of allylic oxidation sites excluding steroid dienone is 1. The van der Waals surface area contributed by atoms with E-state index in [0.29, 0.717) is 48.2 Å². The first-order valence-corrected chi connectivity index (χ1v) is 16.0. The molecule has 0 radical (unpaired) electrons. The van der Waals surface area contributed by atoms with Gasteiger partial charge in [0.15, 0.2) is 11.6 Å². The van der Waals surface area contributed by atoms with Gasteiger partial charge in [-0.15, -0.1) is 0 Å². The molecule has 0 amide bonds. The highest BCUT2D eigenvalue weighted by atomic mass is 16.5. The molecule has 8 nitrogen and oxygen atoms in total. The molecule has 238 valence electrons. The maximum atomic E-state index is 13.9. The zero-order valence-corrected chi connectivity index (χ0v) is 26.7. The number of carbonyl (C=O) groups is 1. The van der Waals surface area contributed by atoms with Gasteiger partial charge in [0.25, 0.3) is 0 Å². The number of aromatic nitrogens is 3. The second-order valence-corrected chi connectivity index (χ2v) is 11.8. The van der Waals surface area contributed by atoms with Crippen LogP contribution in [0.3, 0.4) is 0 Å². The number of benzene rings is 4. The van der Waals surface area contributed by atoms with Gasteiger partial charge in [0.2, 0.25) is 11.8 Å². The number of nitrogens with zero attached hydrogens (tertiary/aromatic N) is 4. The molecular weight excluding hydrogens is 600 g/mol. The average molecular weight is 635 g/mol.